The van der Waals surface area contributed by atoms with Crippen LogP contribution in [0.25, 0.3) is 5.69 Å². The van der Waals surface area contributed by atoms with Crippen LogP contribution >= 0.6 is 22.9 Å². The third-order valence-corrected chi connectivity index (χ3v) is 4.74. The molecule has 1 amide bonds. The van der Waals surface area contributed by atoms with E-state index < -0.39 is 23.3 Å². The summed E-state index contributed by atoms with van der Waals surface area (Å²) in [5.41, 5.74) is -1.66. The third kappa shape index (κ3) is 4.50. The van der Waals surface area contributed by atoms with Crippen LogP contribution in [0.15, 0.2) is 30.5 Å². The molecule has 11 heteroatoms. The molecule has 1 aromatic carbocycles. The number of nitrogens with one attached hydrogen (secondary N) is 1. The van der Waals surface area contributed by atoms with Gasteiger partial charge in [0.2, 0.25) is 5.13 Å². The minimum absolute atomic E-state index is 0.130. The number of alkyl halides is 3. The zero-order chi connectivity index (χ0) is 20.5. The van der Waals surface area contributed by atoms with E-state index in [1.807, 2.05) is 13.8 Å². The van der Waals surface area contributed by atoms with Crippen molar-refractivity contribution in [2.75, 3.05) is 5.32 Å². The number of anilines is 1. The largest absolute Gasteiger partial charge is 0.434 e. The van der Waals surface area contributed by atoms with Crippen LogP contribution in [0.4, 0.5) is 18.3 Å². The number of amides is 1. The number of hydrogen-bond acceptors (Lipinski definition) is 5. The molecule has 3 aromatic rings. The van der Waals surface area contributed by atoms with Gasteiger partial charge in [-0.05, 0) is 30.2 Å². The average Bonchev–Trinajstić information content (AvgIpc) is 3.21. The molecule has 0 aliphatic heterocycles. The van der Waals surface area contributed by atoms with Crippen molar-refractivity contribution in [1.29, 1.82) is 0 Å². The zero-order valence-electron chi connectivity index (χ0n) is 14.8. The second-order valence-corrected chi connectivity index (χ2v) is 7.84. The van der Waals surface area contributed by atoms with Crippen molar-refractivity contribution in [3.8, 4) is 5.69 Å². The Kier molecular flexibility index (Phi) is 5.71. The van der Waals surface area contributed by atoms with Crippen molar-refractivity contribution in [3.63, 3.8) is 0 Å². The van der Waals surface area contributed by atoms with Gasteiger partial charge in [-0.1, -0.05) is 36.8 Å². The van der Waals surface area contributed by atoms with E-state index in [9.17, 15) is 18.0 Å². The molecule has 0 radical (unpaired) electrons. The van der Waals surface area contributed by atoms with Crippen LogP contribution in [0.1, 0.15) is 34.9 Å². The summed E-state index contributed by atoms with van der Waals surface area (Å²) in [6.45, 7) is 4.00. The van der Waals surface area contributed by atoms with Crippen LogP contribution in [0.3, 0.4) is 0 Å². The normalized spacial score (nSPS) is 11.8. The van der Waals surface area contributed by atoms with Gasteiger partial charge in [-0.3, -0.25) is 10.1 Å². The molecule has 6 nitrogen and oxygen atoms in total. The smallest absolute Gasteiger partial charge is 0.296 e. The predicted octanol–water partition coefficient (Wildman–Crippen LogP) is 4.85. The summed E-state index contributed by atoms with van der Waals surface area (Å²) in [5.74, 6) is -0.620. The lowest BCUT2D eigenvalue weighted by Gasteiger charge is -2.12. The maximum absolute atomic E-state index is 13.7. The van der Waals surface area contributed by atoms with E-state index in [0.717, 1.165) is 17.5 Å². The van der Waals surface area contributed by atoms with Crippen LogP contribution in [0, 0.1) is 5.92 Å². The third-order valence-electron chi connectivity index (χ3n) is 3.62. The van der Waals surface area contributed by atoms with Gasteiger partial charge in [-0.25, -0.2) is 4.68 Å². The van der Waals surface area contributed by atoms with Crippen molar-refractivity contribution in [2.45, 2.75) is 26.4 Å². The molecule has 3 rings (SSSR count). The van der Waals surface area contributed by atoms with Gasteiger partial charge in [-0.2, -0.15) is 18.3 Å². The first-order valence-electron chi connectivity index (χ1n) is 8.20. The van der Waals surface area contributed by atoms with Crippen molar-refractivity contribution >= 4 is 34.0 Å². The minimum Gasteiger partial charge on any atom is -0.296 e. The maximum atomic E-state index is 13.7. The lowest BCUT2D eigenvalue weighted by Crippen LogP contribution is -2.20. The molecule has 2 aromatic heterocycles. The van der Waals surface area contributed by atoms with Crippen LogP contribution < -0.4 is 5.32 Å². The highest BCUT2D eigenvalue weighted by Gasteiger charge is 2.40. The summed E-state index contributed by atoms with van der Waals surface area (Å²) in [6.07, 6.45) is -3.26. The molecular formula is C17H15ClF3N5OS. The number of rotatable bonds is 5. The van der Waals surface area contributed by atoms with E-state index in [4.69, 9.17) is 11.6 Å². The Hall–Kier alpha value is -2.46. The lowest BCUT2D eigenvalue weighted by molar-refractivity contribution is -0.143. The molecule has 0 unspecified atom stereocenters. The quantitative estimate of drug-likeness (QED) is 0.629. The molecular weight excluding hydrogens is 415 g/mol. The van der Waals surface area contributed by atoms with Crippen LogP contribution in [0.5, 0.6) is 0 Å². The molecule has 0 spiro atoms. The SMILES string of the molecule is CC(C)Cc1nnc(NC(=O)c2cnn(-c3ccc(Cl)cc3)c2C(F)(F)F)s1. The Morgan fingerprint density at radius 1 is 1.25 bits per heavy atom. The van der Waals surface area contributed by atoms with Gasteiger partial charge in [0.15, 0.2) is 5.69 Å². The second kappa shape index (κ2) is 7.88. The number of aromatic nitrogens is 4. The topological polar surface area (TPSA) is 72.7 Å². The molecule has 0 fully saturated rings. The molecule has 28 heavy (non-hydrogen) atoms. The van der Waals surface area contributed by atoms with Gasteiger partial charge in [0.1, 0.15) is 5.01 Å². The second-order valence-electron chi connectivity index (χ2n) is 6.35. The van der Waals surface area contributed by atoms with E-state index in [0.29, 0.717) is 27.1 Å². The molecule has 0 bridgehead atoms. The average molecular weight is 430 g/mol. The molecule has 0 aliphatic carbocycles. The summed E-state index contributed by atoms with van der Waals surface area (Å²) < 4.78 is 41.6. The Morgan fingerprint density at radius 3 is 2.54 bits per heavy atom. The molecule has 1 N–H and O–H groups in total. The highest BCUT2D eigenvalue weighted by atomic mass is 35.5. The number of carbonyl (C=O) groups excluding carboxylic acids is 1. The zero-order valence-corrected chi connectivity index (χ0v) is 16.4. The van der Waals surface area contributed by atoms with Crippen molar-refractivity contribution in [3.05, 3.63) is 51.7 Å². The molecule has 0 aliphatic rings. The fraction of sp³-hybridized carbons (Fsp3) is 0.294. The number of carbonyl (C=O) groups is 1. The summed E-state index contributed by atoms with van der Waals surface area (Å²) in [4.78, 5) is 12.5. The van der Waals surface area contributed by atoms with Crippen molar-refractivity contribution in [1.82, 2.24) is 20.0 Å². The first kappa shape index (κ1) is 20.3. The first-order chi connectivity index (χ1) is 13.1. The number of nitrogens with zero attached hydrogens (tertiary/aromatic N) is 4. The number of benzene rings is 1. The Labute approximate surface area is 167 Å². The molecule has 0 atom stereocenters. The molecule has 0 saturated carbocycles. The van der Waals surface area contributed by atoms with E-state index in [1.54, 1.807) is 0 Å². The number of halogens is 4. The summed E-state index contributed by atoms with van der Waals surface area (Å²) >= 11 is 6.91. The monoisotopic (exact) mass is 429 g/mol. The Bertz CT molecular complexity index is 982. The summed E-state index contributed by atoms with van der Waals surface area (Å²) in [5, 5.41) is 15.1. The van der Waals surface area contributed by atoms with E-state index >= 15 is 0 Å². The van der Waals surface area contributed by atoms with Gasteiger partial charge in [0, 0.05) is 11.4 Å². The molecule has 148 valence electrons. The highest BCUT2D eigenvalue weighted by molar-refractivity contribution is 7.15. The number of hydrogen-bond donors (Lipinski definition) is 1. The van der Waals surface area contributed by atoms with Crippen LogP contribution in [-0.4, -0.2) is 25.9 Å². The van der Waals surface area contributed by atoms with Crippen molar-refractivity contribution in [2.24, 2.45) is 5.92 Å². The summed E-state index contributed by atoms with van der Waals surface area (Å²) in [7, 11) is 0. The minimum atomic E-state index is -4.80. The lowest BCUT2D eigenvalue weighted by atomic mass is 10.1. The fourth-order valence-corrected chi connectivity index (χ4v) is 3.54. The van der Waals surface area contributed by atoms with Gasteiger partial charge < -0.3 is 0 Å². The van der Waals surface area contributed by atoms with E-state index in [-0.39, 0.29) is 10.8 Å². The van der Waals surface area contributed by atoms with Gasteiger partial charge in [0.05, 0.1) is 17.4 Å². The van der Waals surface area contributed by atoms with Gasteiger partial charge in [0.25, 0.3) is 5.91 Å². The Balaban J connectivity index is 1.92. The standard InChI is InChI=1S/C17H15ClF3N5OS/c1-9(2)7-13-24-25-16(28-13)23-15(27)12-8-22-26(14(12)17(19,20)21)11-5-3-10(18)4-6-11/h3-6,8-9H,7H2,1-2H3,(H,23,25,27). The van der Waals surface area contributed by atoms with Gasteiger partial charge >= 0.3 is 6.18 Å². The maximum Gasteiger partial charge on any atom is 0.434 e. The fourth-order valence-electron chi connectivity index (χ4n) is 2.47. The predicted molar refractivity (Wildman–Crippen MR) is 100.0 cm³/mol. The molecule has 0 saturated heterocycles. The first-order valence-corrected chi connectivity index (χ1v) is 9.39. The Morgan fingerprint density at radius 2 is 1.93 bits per heavy atom. The van der Waals surface area contributed by atoms with Crippen LogP contribution in [-0.2, 0) is 12.6 Å². The van der Waals surface area contributed by atoms with E-state index in [2.05, 4.69) is 20.6 Å². The van der Waals surface area contributed by atoms with Gasteiger partial charge in [-0.15, -0.1) is 10.2 Å². The van der Waals surface area contributed by atoms with E-state index in [1.165, 1.54) is 24.3 Å². The highest BCUT2D eigenvalue weighted by Crippen LogP contribution is 2.34. The van der Waals surface area contributed by atoms with Crippen molar-refractivity contribution < 1.29 is 18.0 Å². The summed E-state index contributed by atoms with van der Waals surface area (Å²) in [6, 6.07) is 5.65. The molecule has 2 heterocycles. The van der Waals surface area contributed by atoms with Crippen LogP contribution in [0.2, 0.25) is 5.02 Å².